The molecule has 0 aliphatic heterocycles. The van der Waals surface area contributed by atoms with Gasteiger partial charge in [-0.2, -0.15) is 10.4 Å². The number of imidazole rings is 1. The molecule has 7 nitrogen and oxygen atoms in total. The van der Waals surface area contributed by atoms with Crippen LogP contribution in [0.2, 0.25) is 0 Å². The molecule has 0 saturated heterocycles. The van der Waals surface area contributed by atoms with Crippen molar-refractivity contribution in [1.82, 2.24) is 24.7 Å². The van der Waals surface area contributed by atoms with Crippen molar-refractivity contribution >= 4 is 27.9 Å². The summed E-state index contributed by atoms with van der Waals surface area (Å²) >= 11 is 0. The van der Waals surface area contributed by atoms with Crippen LogP contribution in [-0.2, 0) is 6.54 Å². The van der Waals surface area contributed by atoms with E-state index in [0.29, 0.717) is 40.2 Å². The lowest BCUT2D eigenvalue weighted by Gasteiger charge is -2.10. The second-order valence-electron chi connectivity index (χ2n) is 7.18. The number of hydrogen-bond donors (Lipinski definition) is 1. The highest BCUT2D eigenvalue weighted by molar-refractivity contribution is 6.11. The third-order valence-corrected chi connectivity index (χ3v) is 5.32. The Balaban J connectivity index is 1.68. The fourth-order valence-electron chi connectivity index (χ4n) is 3.75. The van der Waals surface area contributed by atoms with Crippen LogP contribution in [0.5, 0.6) is 0 Å². The van der Waals surface area contributed by atoms with Crippen molar-refractivity contribution in [2.45, 2.75) is 19.4 Å². The molecule has 0 spiro atoms. The number of para-hydroxylation sites is 2. The van der Waals surface area contributed by atoms with Crippen LogP contribution < -0.4 is 0 Å². The van der Waals surface area contributed by atoms with Crippen LogP contribution in [0.15, 0.2) is 66.9 Å². The van der Waals surface area contributed by atoms with E-state index in [1.165, 1.54) is 0 Å². The predicted molar refractivity (Wildman–Crippen MR) is 117 cm³/mol. The zero-order chi connectivity index (χ0) is 21.4. The smallest absolute Gasteiger partial charge is 0.188 e. The van der Waals surface area contributed by atoms with E-state index in [1.807, 2.05) is 61.5 Å². The van der Waals surface area contributed by atoms with Crippen molar-refractivity contribution in [3.8, 4) is 17.3 Å². The van der Waals surface area contributed by atoms with E-state index in [9.17, 15) is 10.1 Å². The van der Waals surface area contributed by atoms with Crippen molar-refractivity contribution in [2.24, 2.45) is 0 Å². The van der Waals surface area contributed by atoms with Gasteiger partial charge in [-0.1, -0.05) is 42.5 Å². The fraction of sp³-hybridized carbons (Fsp3) is 0.125. The van der Waals surface area contributed by atoms with Gasteiger partial charge < -0.3 is 4.98 Å². The number of aromatic amines is 1. The first kappa shape index (κ1) is 18.7. The van der Waals surface area contributed by atoms with Gasteiger partial charge in [-0.25, -0.2) is 14.6 Å². The second-order valence-corrected chi connectivity index (χ2v) is 7.18. The van der Waals surface area contributed by atoms with Crippen molar-refractivity contribution in [1.29, 1.82) is 5.26 Å². The Bertz CT molecular complexity index is 1430. The molecule has 0 amide bonds. The van der Waals surface area contributed by atoms with Crippen molar-refractivity contribution in [3.63, 3.8) is 0 Å². The number of benzene rings is 2. The Kier molecular flexibility index (Phi) is 4.53. The Labute approximate surface area is 178 Å². The molecule has 0 fully saturated rings. The Morgan fingerprint density at radius 3 is 2.65 bits per heavy atom. The summed E-state index contributed by atoms with van der Waals surface area (Å²) in [5.74, 6) is -1.06. The summed E-state index contributed by atoms with van der Waals surface area (Å²) < 4.78 is 1.75. The van der Waals surface area contributed by atoms with Crippen LogP contribution in [-0.4, -0.2) is 30.5 Å². The van der Waals surface area contributed by atoms with Crippen LogP contribution in [0.1, 0.15) is 29.0 Å². The highest BCUT2D eigenvalue weighted by Gasteiger charge is 2.28. The molecule has 2 aromatic carbocycles. The molecule has 1 N–H and O–H groups in total. The van der Waals surface area contributed by atoms with Crippen LogP contribution >= 0.6 is 0 Å². The largest absolute Gasteiger partial charge is 0.340 e. The monoisotopic (exact) mass is 406 g/mol. The maximum Gasteiger partial charge on any atom is 0.188 e. The number of pyridine rings is 1. The molecule has 0 aliphatic carbocycles. The number of ketones is 1. The molecule has 3 aromatic heterocycles. The Morgan fingerprint density at radius 1 is 1.13 bits per heavy atom. The molecular formula is C24H18N6O. The van der Waals surface area contributed by atoms with E-state index in [-0.39, 0.29) is 5.78 Å². The predicted octanol–water partition coefficient (Wildman–Crippen LogP) is 4.48. The van der Waals surface area contributed by atoms with Crippen LogP contribution in [0.4, 0.5) is 0 Å². The molecule has 0 saturated carbocycles. The molecule has 1 atom stereocenters. The average molecular weight is 406 g/mol. The maximum atomic E-state index is 13.6. The zero-order valence-corrected chi connectivity index (χ0v) is 16.8. The third kappa shape index (κ3) is 3.15. The van der Waals surface area contributed by atoms with E-state index >= 15 is 0 Å². The van der Waals surface area contributed by atoms with Gasteiger partial charge in [0.05, 0.1) is 29.0 Å². The summed E-state index contributed by atoms with van der Waals surface area (Å²) in [5.41, 5.74) is 4.08. The molecule has 3 heterocycles. The molecule has 1 unspecified atom stereocenters. The van der Waals surface area contributed by atoms with Crippen LogP contribution in [0, 0.1) is 11.3 Å². The summed E-state index contributed by atoms with van der Waals surface area (Å²) in [7, 11) is 0. The van der Waals surface area contributed by atoms with E-state index in [1.54, 1.807) is 16.9 Å². The Hall–Kier alpha value is -4.31. The quantitative estimate of drug-likeness (QED) is 0.434. The minimum absolute atomic E-state index is 0.332. The molecule has 150 valence electrons. The standard InChI is InChI=1S/C24H18N6O/c1-2-30-24-18(14-26-30)16(12-21(29-24)15-8-4-3-5-9-15)22(31)17(13-25)23-27-19-10-6-7-11-20(19)28-23/h3-12,14,17H,2H2,1H3,(H,27,28). The number of H-pyrrole nitrogens is 1. The summed E-state index contributed by atoms with van der Waals surface area (Å²) in [6.07, 6.45) is 1.64. The van der Waals surface area contributed by atoms with E-state index < -0.39 is 5.92 Å². The van der Waals surface area contributed by atoms with Gasteiger partial charge in [0, 0.05) is 23.1 Å². The summed E-state index contributed by atoms with van der Waals surface area (Å²) in [5, 5.41) is 14.9. The normalized spacial score (nSPS) is 12.1. The van der Waals surface area contributed by atoms with Gasteiger partial charge in [0.25, 0.3) is 0 Å². The van der Waals surface area contributed by atoms with Crippen molar-refractivity contribution in [3.05, 3.63) is 78.2 Å². The molecule has 0 aliphatic rings. The summed E-state index contributed by atoms with van der Waals surface area (Å²) in [4.78, 5) is 25.9. The molecule has 7 heteroatoms. The van der Waals surface area contributed by atoms with Crippen LogP contribution in [0.3, 0.4) is 0 Å². The fourth-order valence-corrected chi connectivity index (χ4v) is 3.75. The molecule has 0 radical (unpaired) electrons. The van der Waals surface area contributed by atoms with E-state index in [4.69, 9.17) is 4.98 Å². The minimum atomic E-state index is -1.06. The topological polar surface area (TPSA) is 100 Å². The maximum absolute atomic E-state index is 13.6. The van der Waals surface area contributed by atoms with Gasteiger partial charge >= 0.3 is 0 Å². The molecular weight excluding hydrogens is 388 g/mol. The highest BCUT2D eigenvalue weighted by atomic mass is 16.1. The number of Topliss-reactive ketones (excluding diaryl/α,β-unsaturated/α-hetero) is 1. The van der Waals surface area contributed by atoms with Crippen molar-refractivity contribution in [2.75, 3.05) is 0 Å². The lowest BCUT2D eigenvalue weighted by Crippen LogP contribution is -2.14. The van der Waals surface area contributed by atoms with Gasteiger partial charge in [0.1, 0.15) is 5.82 Å². The first-order valence-corrected chi connectivity index (χ1v) is 10.00. The molecule has 5 aromatic rings. The molecule has 5 rings (SSSR count). The number of fused-ring (bicyclic) bond motifs is 2. The summed E-state index contributed by atoms with van der Waals surface area (Å²) in [6, 6.07) is 21.0. The van der Waals surface area contributed by atoms with Gasteiger partial charge in [-0.05, 0) is 25.1 Å². The number of carbonyl (C=O) groups excluding carboxylic acids is 1. The average Bonchev–Trinajstić information content (AvgIpc) is 3.43. The lowest BCUT2D eigenvalue weighted by molar-refractivity contribution is 0.0978. The SMILES string of the molecule is CCn1ncc2c(C(=O)C(C#N)c3nc4ccccc4[nH]3)cc(-c3ccccc3)nc21. The number of aryl methyl sites for hydroxylation is 1. The van der Waals surface area contributed by atoms with Gasteiger partial charge in [-0.3, -0.25) is 4.79 Å². The minimum Gasteiger partial charge on any atom is -0.340 e. The lowest BCUT2D eigenvalue weighted by atomic mass is 9.95. The van der Waals surface area contributed by atoms with Gasteiger partial charge in [0.2, 0.25) is 0 Å². The van der Waals surface area contributed by atoms with Crippen LogP contribution in [0.25, 0.3) is 33.3 Å². The Morgan fingerprint density at radius 2 is 1.90 bits per heavy atom. The van der Waals surface area contributed by atoms with E-state index in [0.717, 1.165) is 11.1 Å². The first-order valence-electron chi connectivity index (χ1n) is 10.00. The highest BCUT2D eigenvalue weighted by Crippen LogP contribution is 2.29. The zero-order valence-electron chi connectivity index (χ0n) is 16.8. The number of carbonyl (C=O) groups is 1. The number of hydrogen-bond acceptors (Lipinski definition) is 5. The first-order chi connectivity index (χ1) is 15.2. The van der Waals surface area contributed by atoms with Crippen molar-refractivity contribution < 1.29 is 4.79 Å². The number of rotatable bonds is 5. The van der Waals surface area contributed by atoms with E-state index in [2.05, 4.69) is 21.1 Å². The van der Waals surface area contributed by atoms with Gasteiger partial charge in [0.15, 0.2) is 17.3 Å². The third-order valence-electron chi connectivity index (χ3n) is 5.32. The molecule has 0 bridgehead atoms. The number of nitrogens with zero attached hydrogens (tertiary/aromatic N) is 5. The van der Waals surface area contributed by atoms with Gasteiger partial charge in [-0.15, -0.1) is 0 Å². The second kappa shape index (κ2) is 7.50. The number of nitrogens with one attached hydrogen (secondary N) is 1. The number of nitriles is 1. The summed E-state index contributed by atoms with van der Waals surface area (Å²) in [6.45, 7) is 2.59. The number of aromatic nitrogens is 5. The molecule has 31 heavy (non-hydrogen) atoms.